The van der Waals surface area contributed by atoms with Crippen LogP contribution in [-0.2, 0) is 0 Å². The summed E-state index contributed by atoms with van der Waals surface area (Å²) in [4.78, 5) is 8.00. The molecular formula is C16H13F4N5O. The molecule has 0 saturated carbocycles. The first-order valence-electron chi connectivity index (χ1n) is 7.64. The highest BCUT2D eigenvalue weighted by molar-refractivity contribution is 5.50. The number of hydrogen-bond donors (Lipinski definition) is 1. The van der Waals surface area contributed by atoms with Crippen LogP contribution in [0.4, 0.5) is 23.5 Å². The summed E-state index contributed by atoms with van der Waals surface area (Å²) >= 11 is 0. The van der Waals surface area contributed by atoms with Crippen molar-refractivity contribution >= 4 is 5.95 Å². The van der Waals surface area contributed by atoms with E-state index in [1.807, 2.05) is 0 Å². The molecule has 10 heteroatoms. The van der Waals surface area contributed by atoms with Gasteiger partial charge in [0.25, 0.3) is 11.8 Å². The van der Waals surface area contributed by atoms with Crippen LogP contribution >= 0.6 is 0 Å². The fourth-order valence-corrected chi connectivity index (χ4v) is 2.33. The zero-order chi connectivity index (χ0) is 18.7. The Morgan fingerprint density at radius 2 is 1.73 bits per heavy atom. The van der Waals surface area contributed by atoms with Crippen molar-refractivity contribution in [3.8, 4) is 11.5 Å². The SMILES string of the molecule is CC[C@@H](Nc1ncc(-c2nnc(C(F)F)o2)cn1)c1c(F)cccc1F. The van der Waals surface area contributed by atoms with Gasteiger partial charge in [0.2, 0.25) is 5.95 Å². The van der Waals surface area contributed by atoms with Crippen molar-refractivity contribution in [2.45, 2.75) is 25.8 Å². The van der Waals surface area contributed by atoms with E-state index in [9.17, 15) is 17.6 Å². The van der Waals surface area contributed by atoms with Crippen LogP contribution in [0.25, 0.3) is 11.5 Å². The Balaban J connectivity index is 1.79. The molecule has 136 valence electrons. The molecule has 1 atom stereocenters. The molecule has 3 aromatic rings. The number of hydrogen-bond acceptors (Lipinski definition) is 6. The van der Waals surface area contributed by atoms with Crippen LogP contribution in [0.2, 0.25) is 0 Å². The first kappa shape index (κ1) is 17.8. The molecule has 0 bridgehead atoms. The van der Waals surface area contributed by atoms with E-state index in [0.717, 1.165) is 0 Å². The molecule has 3 rings (SSSR count). The minimum absolute atomic E-state index is 0.108. The van der Waals surface area contributed by atoms with Crippen LogP contribution in [0.1, 0.15) is 37.3 Å². The number of alkyl halides is 2. The average Bonchev–Trinajstić information content (AvgIpc) is 3.11. The van der Waals surface area contributed by atoms with E-state index >= 15 is 0 Å². The van der Waals surface area contributed by atoms with Gasteiger partial charge in [-0.2, -0.15) is 8.78 Å². The van der Waals surface area contributed by atoms with Gasteiger partial charge in [0.05, 0.1) is 11.6 Å². The molecule has 0 unspecified atom stereocenters. The quantitative estimate of drug-likeness (QED) is 0.655. The van der Waals surface area contributed by atoms with Crippen LogP contribution in [0.3, 0.4) is 0 Å². The summed E-state index contributed by atoms with van der Waals surface area (Å²) in [5, 5.41) is 9.54. The van der Waals surface area contributed by atoms with E-state index in [0.29, 0.717) is 6.42 Å². The second kappa shape index (κ2) is 7.46. The van der Waals surface area contributed by atoms with Crippen molar-refractivity contribution in [1.29, 1.82) is 0 Å². The number of nitrogens with zero attached hydrogens (tertiary/aromatic N) is 4. The summed E-state index contributed by atoms with van der Waals surface area (Å²) in [6.45, 7) is 1.75. The van der Waals surface area contributed by atoms with Crippen molar-refractivity contribution in [1.82, 2.24) is 20.2 Å². The van der Waals surface area contributed by atoms with Crippen molar-refractivity contribution in [2.75, 3.05) is 5.32 Å². The Morgan fingerprint density at radius 3 is 2.27 bits per heavy atom. The van der Waals surface area contributed by atoms with E-state index < -0.39 is 30.0 Å². The predicted molar refractivity (Wildman–Crippen MR) is 83.3 cm³/mol. The third-order valence-corrected chi connectivity index (χ3v) is 3.59. The van der Waals surface area contributed by atoms with Gasteiger partial charge in [-0.1, -0.05) is 13.0 Å². The fraction of sp³-hybridized carbons (Fsp3) is 0.250. The Bertz CT molecular complexity index is 864. The number of benzene rings is 1. The highest BCUT2D eigenvalue weighted by Gasteiger charge is 2.20. The Hall–Kier alpha value is -3.04. The van der Waals surface area contributed by atoms with Gasteiger partial charge < -0.3 is 9.73 Å². The van der Waals surface area contributed by atoms with Crippen molar-refractivity contribution < 1.29 is 22.0 Å². The van der Waals surface area contributed by atoms with Gasteiger partial charge in [0.1, 0.15) is 11.6 Å². The number of aromatic nitrogens is 4. The lowest BCUT2D eigenvalue weighted by atomic mass is 10.0. The van der Waals surface area contributed by atoms with Crippen molar-refractivity contribution in [2.24, 2.45) is 0 Å². The van der Waals surface area contributed by atoms with Gasteiger partial charge in [0.15, 0.2) is 0 Å². The molecule has 0 radical (unpaired) electrons. The topological polar surface area (TPSA) is 76.7 Å². The molecule has 1 N–H and O–H groups in total. The number of anilines is 1. The molecular weight excluding hydrogens is 354 g/mol. The summed E-state index contributed by atoms with van der Waals surface area (Å²) in [7, 11) is 0. The second-order valence-electron chi connectivity index (χ2n) is 5.28. The van der Waals surface area contributed by atoms with Gasteiger partial charge >= 0.3 is 6.43 Å². The molecule has 6 nitrogen and oxygen atoms in total. The molecule has 0 amide bonds. The first-order valence-corrected chi connectivity index (χ1v) is 7.64. The third-order valence-electron chi connectivity index (χ3n) is 3.59. The summed E-state index contributed by atoms with van der Waals surface area (Å²) < 4.78 is 57.6. The molecule has 0 aliphatic heterocycles. The number of rotatable bonds is 6. The summed E-state index contributed by atoms with van der Waals surface area (Å²) in [5.41, 5.74) is 0.126. The Kier molecular flexibility index (Phi) is 5.10. The summed E-state index contributed by atoms with van der Waals surface area (Å²) in [6.07, 6.45) is 0.0641. The monoisotopic (exact) mass is 367 g/mol. The standard InChI is InChI=1S/C16H13F4N5O/c1-2-11(12-9(17)4-3-5-10(12)18)23-16-21-6-8(7-22-16)14-24-25-15(26-14)13(19)20/h3-7,11,13H,2H2,1H3,(H,21,22,23)/t11-/m1/s1. The van der Waals surface area contributed by atoms with Gasteiger partial charge in [-0.15, -0.1) is 10.2 Å². The van der Waals surface area contributed by atoms with Gasteiger partial charge in [-0.25, -0.2) is 18.7 Å². The van der Waals surface area contributed by atoms with E-state index in [-0.39, 0.29) is 23.0 Å². The van der Waals surface area contributed by atoms with Crippen molar-refractivity contribution in [3.05, 3.63) is 53.7 Å². The molecule has 26 heavy (non-hydrogen) atoms. The minimum atomic E-state index is -2.88. The zero-order valence-electron chi connectivity index (χ0n) is 13.5. The summed E-state index contributed by atoms with van der Waals surface area (Å²) in [5.74, 6) is -2.20. The largest absolute Gasteiger partial charge is 0.415 e. The Labute approximate surface area is 145 Å². The molecule has 0 aliphatic carbocycles. The molecule has 1 aromatic carbocycles. The average molecular weight is 367 g/mol. The van der Waals surface area contributed by atoms with Crippen LogP contribution in [0.15, 0.2) is 35.0 Å². The zero-order valence-corrected chi connectivity index (χ0v) is 13.5. The first-order chi connectivity index (χ1) is 12.5. The van der Waals surface area contributed by atoms with E-state index in [1.165, 1.54) is 30.6 Å². The molecule has 2 heterocycles. The van der Waals surface area contributed by atoms with Crippen LogP contribution in [0.5, 0.6) is 0 Å². The van der Waals surface area contributed by atoms with Crippen LogP contribution in [0, 0.1) is 11.6 Å². The second-order valence-corrected chi connectivity index (χ2v) is 5.28. The minimum Gasteiger partial charge on any atom is -0.415 e. The smallest absolute Gasteiger partial charge is 0.314 e. The maximum Gasteiger partial charge on any atom is 0.314 e. The lowest BCUT2D eigenvalue weighted by molar-refractivity contribution is 0.116. The Morgan fingerprint density at radius 1 is 1.08 bits per heavy atom. The van der Waals surface area contributed by atoms with Gasteiger partial charge in [0, 0.05) is 18.0 Å². The normalized spacial score (nSPS) is 12.4. The predicted octanol–water partition coefficient (Wildman–Crippen LogP) is 4.31. The lowest BCUT2D eigenvalue weighted by Gasteiger charge is -2.18. The number of halogens is 4. The molecule has 0 spiro atoms. The molecule has 0 aliphatic rings. The third kappa shape index (κ3) is 3.63. The molecule has 2 aromatic heterocycles. The maximum atomic E-state index is 13.9. The van der Waals surface area contributed by atoms with E-state index in [4.69, 9.17) is 4.42 Å². The lowest BCUT2D eigenvalue weighted by Crippen LogP contribution is -2.15. The molecule has 0 fully saturated rings. The highest BCUT2D eigenvalue weighted by Crippen LogP contribution is 2.27. The van der Waals surface area contributed by atoms with Crippen LogP contribution < -0.4 is 5.32 Å². The van der Waals surface area contributed by atoms with E-state index in [2.05, 4.69) is 25.5 Å². The van der Waals surface area contributed by atoms with Gasteiger partial charge in [-0.05, 0) is 18.6 Å². The highest BCUT2D eigenvalue weighted by atomic mass is 19.3. The van der Waals surface area contributed by atoms with Crippen molar-refractivity contribution in [3.63, 3.8) is 0 Å². The maximum absolute atomic E-state index is 13.9. The van der Waals surface area contributed by atoms with E-state index in [1.54, 1.807) is 6.92 Å². The number of nitrogens with one attached hydrogen (secondary N) is 1. The summed E-state index contributed by atoms with van der Waals surface area (Å²) in [6, 6.07) is 2.94. The molecule has 0 saturated heterocycles. The fourth-order valence-electron chi connectivity index (χ4n) is 2.33. The van der Waals surface area contributed by atoms with Gasteiger partial charge in [-0.3, -0.25) is 0 Å². The van der Waals surface area contributed by atoms with Crippen LogP contribution in [-0.4, -0.2) is 20.2 Å².